The number of rotatable bonds is 3. The van der Waals surface area contributed by atoms with Crippen LogP contribution in [0.15, 0.2) is 46.9 Å². The lowest BCUT2D eigenvalue weighted by atomic mass is 10.1. The van der Waals surface area contributed by atoms with Gasteiger partial charge in [-0.1, -0.05) is 34.1 Å². The van der Waals surface area contributed by atoms with Crippen LogP contribution in [0.2, 0.25) is 0 Å². The third-order valence-electron chi connectivity index (χ3n) is 3.07. The minimum atomic E-state index is 0.0935. The van der Waals surface area contributed by atoms with Gasteiger partial charge >= 0.3 is 0 Å². The lowest BCUT2D eigenvalue weighted by Gasteiger charge is -2.03. The van der Waals surface area contributed by atoms with Gasteiger partial charge in [0.05, 0.1) is 16.6 Å². The Balaban J connectivity index is 1.88. The molecule has 0 fully saturated rings. The maximum Gasteiger partial charge on any atom is 0.170 e. The fraction of sp³-hybridized carbons (Fsp3) is 0.125. The first-order valence-corrected chi connectivity index (χ1v) is 7.88. The summed E-state index contributed by atoms with van der Waals surface area (Å²) in [5.41, 5.74) is 2.81. The Labute approximate surface area is 129 Å². The number of fused-ring (bicyclic) bond motifs is 1. The van der Waals surface area contributed by atoms with Gasteiger partial charge in [0.1, 0.15) is 5.01 Å². The molecule has 0 amide bonds. The monoisotopic (exact) mass is 345 g/mol. The average Bonchev–Trinajstić information content (AvgIpc) is 2.80. The molecule has 0 bridgehead atoms. The fourth-order valence-electron chi connectivity index (χ4n) is 2.07. The van der Waals surface area contributed by atoms with Crippen LogP contribution >= 0.6 is 27.3 Å². The Morgan fingerprint density at radius 3 is 2.80 bits per heavy atom. The maximum atomic E-state index is 12.4. The Morgan fingerprint density at radius 2 is 2.05 bits per heavy atom. The number of para-hydroxylation sites is 1. The zero-order valence-electron chi connectivity index (χ0n) is 10.9. The van der Waals surface area contributed by atoms with E-state index in [1.807, 2.05) is 49.4 Å². The first kappa shape index (κ1) is 13.5. The molecule has 0 spiro atoms. The predicted octanol–water partition coefficient (Wildman–Crippen LogP) is 4.79. The number of Topliss-reactive ketones (excluding diaryl/α,β-unsaturated/α-hetero) is 1. The van der Waals surface area contributed by atoms with Crippen molar-refractivity contribution < 1.29 is 4.79 Å². The molecule has 0 N–H and O–H groups in total. The number of aryl methyl sites for hydroxylation is 1. The number of aromatic nitrogens is 1. The van der Waals surface area contributed by atoms with Gasteiger partial charge in [-0.3, -0.25) is 4.79 Å². The van der Waals surface area contributed by atoms with Gasteiger partial charge in [0, 0.05) is 10.0 Å². The number of benzene rings is 2. The molecule has 0 aliphatic carbocycles. The Morgan fingerprint density at radius 1 is 1.25 bits per heavy atom. The van der Waals surface area contributed by atoms with Crippen molar-refractivity contribution in [3.63, 3.8) is 0 Å². The molecule has 2 aromatic carbocycles. The zero-order chi connectivity index (χ0) is 14.1. The van der Waals surface area contributed by atoms with Crippen molar-refractivity contribution in [2.24, 2.45) is 0 Å². The van der Waals surface area contributed by atoms with Crippen LogP contribution in [0.5, 0.6) is 0 Å². The van der Waals surface area contributed by atoms with E-state index >= 15 is 0 Å². The van der Waals surface area contributed by atoms with Crippen LogP contribution in [0.1, 0.15) is 20.9 Å². The highest BCUT2D eigenvalue weighted by Gasteiger charge is 2.13. The molecule has 3 aromatic rings. The SMILES string of the molecule is Cc1ccc(C(=O)Cc2nc3ccccc3s2)c(Br)c1. The molecule has 0 unspecified atom stereocenters. The van der Waals surface area contributed by atoms with Crippen LogP contribution in [-0.4, -0.2) is 10.8 Å². The third-order valence-corrected chi connectivity index (χ3v) is 4.77. The number of hydrogen-bond acceptors (Lipinski definition) is 3. The molecular formula is C16H12BrNOS. The van der Waals surface area contributed by atoms with Gasteiger partial charge in [0.2, 0.25) is 0 Å². The van der Waals surface area contributed by atoms with Crippen LogP contribution in [0.25, 0.3) is 10.2 Å². The molecule has 4 heteroatoms. The minimum Gasteiger partial charge on any atom is -0.294 e. The van der Waals surface area contributed by atoms with E-state index in [0.29, 0.717) is 6.42 Å². The molecule has 0 saturated carbocycles. The molecule has 0 aliphatic rings. The van der Waals surface area contributed by atoms with E-state index in [0.717, 1.165) is 30.8 Å². The Hall–Kier alpha value is -1.52. The zero-order valence-corrected chi connectivity index (χ0v) is 13.3. The number of carbonyl (C=O) groups is 1. The van der Waals surface area contributed by atoms with Crippen LogP contribution < -0.4 is 0 Å². The number of carbonyl (C=O) groups excluding carboxylic acids is 1. The first-order chi connectivity index (χ1) is 9.63. The van der Waals surface area contributed by atoms with E-state index in [9.17, 15) is 4.79 Å². The van der Waals surface area contributed by atoms with Crippen molar-refractivity contribution in [2.75, 3.05) is 0 Å². The van der Waals surface area contributed by atoms with Gasteiger partial charge < -0.3 is 0 Å². The Kier molecular flexibility index (Phi) is 3.68. The predicted molar refractivity (Wildman–Crippen MR) is 86.5 cm³/mol. The summed E-state index contributed by atoms with van der Waals surface area (Å²) in [5, 5.41) is 0.865. The van der Waals surface area contributed by atoms with Gasteiger partial charge in [0.25, 0.3) is 0 Å². The van der Waals surface area contributed by atoms with Gasteiger partial charge in [-0.2, -0.15) is 0 Å². The second-order valence-corrected chi connectivity index (χ2v) is 6.63. The smallest absolute Gasteiger partial charge is 0.170 e. The third kappa shape index (κ3) is 2.67. The van der Waals surface area contributed by atoms with Gasteiger partial charge in [0.15, 0.2) is 5.78 Å². The lowest BCUT2D eigenvalue weighted by molar-refractivity contribution is 0.0992. The molecule has 0 atom stereocenters. The van der Waals surface area contributed by atoms with Crippen molar-refractivity contribution in [2.45, 2.75) is 13.3 Å². The number of thiazole rings is 1. The highest BCUT2D eigenvalue weighted by molar-refractivity contribution is 9.10. The molecule has 1 aromatic heterocycles. The number of nitrogens with zero attached hydrogens (tertiary/aromatic N) is 1. The largest absolute Gasteiger partial charge is 0.294 e. The highest BCUT2D eigenvalue weighted by Crippen LogP contribution is 2.24. The van der Waals surface area contributed by atoms with Gasteiger partial charge in [-0.25, -0.2) is 4.98 Å². The summed E-state index contributed by atoms with van der Waals surface area (Å²) in [5.74, 6) is 0.0935. The summed E-state index contributed by atoms with van der Waals surface area (Å²) in [4.78, 5) is 16.9. The van der Waals surface area contributed by atoms with E-state index < -0.39 is 0 Å². The summed E-state index contributed by atoms with van der Waals surface area (Å²) in [6.07, 6.45) is 0.348. The van der Waals surface area contributed by atoms with E-state index in [1.54, 1.807) is 11.3 Å². The maximum absolute atomic E-state index is 12.4. The van der Waals surface area contributed by atoms with E-state index in [-0.39, 0.29) is 5.78 Å². The second kappa shape index (κ2) is 5.46. The molecule has 0 saturated heterocycles. The van der Waals surface area contributed by atoms with Crippen molar-refractivity contribution in [3.05, 3.63) is 63.1 Å². The molecule has 0 radical (unpaired) electrons. The minimum absolute atomic E-state index is 0.0935. The molecule has 2 nitrogen and oxygen atoms in total. The summed E-state index contributed by atoms with van der Waals surface area (Å²) >= 11 is 5.04. The van der Waals surface area contributed by atoms with Crippen molar-refractivity contribution in [1.82, 2.24) is 4.98 Å². The molecular weight excluding hydrogens is 334 g/mol. The van der Waals surface area contributed by atoms with Crippen molar-refractivity contribution in [3.8, 4) is 0 Å². The summed E-state index contributed by atoms with van der Waals surface area (Å²) < 4.78 is 1.97. The van der Waals surface area contributed by atoms with E-state index in [2.05, 4.69) is 20.9 Å². The molecule has 1 heterocycles. The fourth-order valence-corrected chi connectivity index (χ4v) is 3.75. The normalized spacial score (nSPS) is 10.9. The van der Waals surface area contributed by atoms with Crippen molar-refractivity contribution >= 4 is 43.3 Å². The highest BCUT2D eigenvalue weighted by atomic mass is 79.9. The lowest BCUT2D eigenvalue weighted by Crippen LogP contribution is -2.04. The van der Waals surface area contributed by atoms with Crippen LogP contribution in [0.4, 0.5) is 0 Å². The molecule has 20 heavy (non-hydrogen) atoms. The number of halogens is 1. The van der Waals surface area contributed by atoms with Gasteiger partial charge in [-0.05, 0) is 36.8 Å². The summed E-state index contributed by atoms with van der Waals surface area (Å²) in [6, 6.07) is 13.7. The molecule has 100 valence electrons. The summed E-state index contributed by atoms with van der Waals surface area (Å²) in [6.45, 7) is 2.01. The van der Waals surface area contributed by atoms with Crippen molar-refractivity contribution in [1.29, 1.82) is 0 Å². The average molecular weight is 346 g/mol. The number of hydrogen-bond donors (Lipinski definition) is 0. The molecule has 3 rings (SSSR count). The first-order valence-electron chi connectivity index (χ1n) is 6.27. The van der Waals surface area contributed by atoms with E-state index in [1.165, 1.54) is 0 Å². The van der Waals surface area contributed by atoms with Gasteiger partial charge in [-0.15, -0.1) is 11.3 Å². The van der Waals surface area contributed by atoms with Crippen LogP contribution in [0.3, 0.4) is 0 Å². The quantitative estimate of drug-likeness (QED) is 0.638. The number of ketones is 1. The molecule has 0 aliphatic heterocycles. The summed E-state index contributed by atoms with van der Waals surface area (Å²) in [7, 11) is 0. The standard InChI is InChI=1S/C16H12BrNOS/c1-10-6-7-11(12(17)8-10)14(19)9-16-18-13-4-2-3-5-15(13)20-16/h2-8H,9H2,1H3. The van der Waals surface area contributed by atoms with E-state index in [4.69, 9.17) is 0 Å². The topological polar surface area (TPSA) is 30.0 Å². The van der Waals surface area contributed by atoms with Crippen LogP contribution in [0, 0.1) is 6.92 Å². The second-order valence-electron chi connectivity index (χ2n) is 4.66. The Bertz CT molecular complexity index is 761. The van der Waals surface area contributed by atoms with Crippen LogP contribution in [-0.2, 0) is 6.42 Å².